The Bertz CT molecular complexity index is 194. The zero-order chi connectivity index (χ0) is 11.2. The Labute approximate surface area is 90.1 Å². The number of hydrogen-bond donors (Lipinski definition) is 0. The summed E-state index contributed by atoms with van der Waals surface area (Å²) in [6.45, 7) is 15.2. The zero-order valence-corrected chi connectivity index (χ0v) is 10.6. The molecule has 0 aliphatic heterocycles. The first kappa shape index (κ1) is 13.5. The van der Waals surface area contributed by atoms with Crippen LogP contribution in [0.25, 0.3) is 0 Å². The van der Waals surface area contributed by atoms with E-state index in [9.17, 15) is 0 Å². The minimum atomic E-state index is 0.320. The zero-order valence-electron chi connectivity index (χ0n) is 10.6. The summed E-state index contributed by atoms with van der Waals surface area (Å²) in [6.07, 6.45) is 8.10. The molecule has 0 unspecified atom stereocenters. The van der Waals surface area contributed by atoms with E-state index in [2.05, 4.69) is 53.3 Å². The van der Waals surface area contributed by atoms with E-state index in [0.717, 1.165) is 5.92 Å². The summed E-state index contributed by atoms with van der Waals surface area (Å²) in [5, 5.41) is 0. The van der Waals surface area contributed by atoms with Gasteiger partial charge in [-0.2, -0.15) is 0 Å². The number of hydrogen-bond acceptors (Lipinski definition) is 0. The molecule has 0 aromatic heterocycles. The third-order valence-corrected chi connectivity index (χ3v) is 2.64. The van der Waals surface area contributed by atoms with E-state index in [-0.39, 0.29) is 0 Å². The molecule has 0 rings (SSSR count). The van der Waals surface area contributed by atoms with Crippen molar-refractivity contribution in [3.8, 4) is 0 Å². The maximum atomic E-state index is 3.96. The Morgan fingerprint density at radius 2 is 1.93 bits per heavy atom. The average molecular weight is 194 g/mol. The summed E-state index contributed by atoms with van der Waals surface area (Å²) in [4.78, 5) is 0. The molecule has 0 radical (unpaired) electrons. The highest BCUT2D eigenvalue weighted by Gasteiger charge is 2.20. The van der Waals surface area contributed by atoms with Crippen LogP contribution in [0, 0.1) is 11.3 Å². The van der Waals surface area contributed by atoms with Crippen LogP contribution in [-0.4, -0.2) is 0 Å². The van der Waals surface area contributed by atoms with Gasteiger partial charge in [-0.05, 0) is 44.4 Å². The first-order valence-electron chi connectivity index (χ1n) is 5.66. The fraction of sp³-hybridized carbons (Fsp3) is 0.714. The van der Waals surface area contributed by atoms with Crippen molar-refractivity contribution in [1.82, 2.24) is 0 Å². The minimum Gasteiger partial charge on any atom is -0.103 e. The van der Waals surface area contributed by atoms with Gasteiger partial charge in [-0.1, -0.05) is 38.5 Å². The van der Waals surface area contributed by atoms with Crippen molar-refractivity contribution in [1.29, 1.82) is 0 Å². The smallest absolute Gasteiger partial charge is 0.0144 e. The van der Waals surface area contributed by atoms with Crippen molar-refractivity contribution in [3.63, 3.8) is 0 Å². The lowest BCUT2D eigenvalue weighted by molar-refractivity contribution is 0.312. The molecule has 0 saturated carbocycles. The lowest BCUT2D eigenvalue weighted by Gasteiger charge is -2.27. The van der Waals surface area contributed by atoms with Gasteiger partial charge in [0, 0.05) is 0 Å². The van der Waals surface area contributed by atoms with E-state index in [1.165, 1.54) is 24.8 Å². The third kappa shape index (κ3) is 6.01. The van der Waals surface area contributed by atoms with Crippen LogP contribution < -0.4 is 0 Å². The molecule has 0 spiro atoms. The number of rotatable bonds is 6. The summed E-state index contributed by atoms with van der Waals surface area (Å²) in [6, 6.07) is 0. The summed E-state index contributed by atoms with van der Waals surface area (Å²) >= 11 is 0. The quantitative estimate of drug-likeness (QED) is 0.524. The molecular formula is C14H26. The van der Waals surface area contributed by atoms with Gasteiger partial charge >= 0.3 is 0 Å². The summed E-state index contributed by atoms with van der Waals surface area (Å²) in [5.74, 6) is 0.754. The van der Waals surface area contributed by atoms with Crippen molar-refractivity contribution < 1.29 is 0 Å². The van der Waals surface area contributed by atoms with Gasteiger partial charge < -0.3 is 0 Å². The molecule has 0 aromatic rings. The minimum absolute atomic E-state index is 0.320. The summed E-state index contributed by atoms with van der Waals surface area (Å²) < 4.78 is 0. The first-order valence-corrected chi connectivity index (χ1v) is 5.66. The molecule has 0 aliphatic carbocycles. The highest BCUT2D eigenvalue weighted by Crippen LogP contribution is 2.32. The van der Waals surface area contributed by atoms with Crippen LogP contribution in [0.2, 0.25) is 0 Å². The van der Waals surface area contributed by atoms with Crippen LogP contribution in [0.15, 0.2) is 24.3 Å². The molecule has 0 saturated heterocycles. The van der Waals surface area contributed by atoms with Crippen molar-refractivity contribution in [2.45, 2.75) is 53.9 Å². The van der Waals surface area contributed by atoms with E-state index < -0.39 is 0 Å². The van der Waals surface area contributed by atoms with Gasteiger partial charge in [0.1, 0.15) is 0 Å². The first-order chi connectivity index (χ1) is 6.39. The molecule has 0 heterocycles. The van der Waals surface area contributed by atoms with Crippen molar-refractivity contribution in [3.05, 3.63) is 24.3 Å². The van der Waals surface area contributed by atoms with Crippen LogP contribution in [-0.2, 0) is 0 Å². The Balaban J connectivity index is 4.12. The van der Waals surface area contributed by atoms with Gasteiger partial charge in [-0.3, -0.25) is 0 Å². The van der Waals surface area contributed by atoms with E-state index >= 15 is 0 Å². The van der Waals surface area contributed by atoms with Gasteiger partial charge in [-0.15, -0.1) is 6.58 Å². The fourth-order valence-corrected chi connectivity index (χ4v) is 1.91. The van der Waals surface area contributed by atoms with E-state index in [1.54, 1.807) is 0 Å². The van der Waals surface area contributed by atoms with Gasteiger partial charge in [-0.25, -0.2) is 0 Å². The standard InChI is InChI=1S/C14H26/c1-7-14(6,11-13(4)5)10-8-9-12(2)3/h7,9,13H,1,8,10-11H2,2-6H3/t14-/m1/s1. The average Bonchev–Trinajstić information content (AvgIpc) is 2.02. The third-order valence-electron chi connectivity index (χ3n) is 2.64. The van der Waals surface area contributed by atoms with Crippen LogP contribution in [0.1, 0.15) is 53.9 Å². The highest BCUT2D eigenvalue weighted by molar-refractivity contribution is 4.97. The van der Waals surface area contributed by atoms with E-state index in [4.69, 9.17) is 0 Å². The molecule has 0 aromatic carbocycles. The lowest BCUT2D eigenvalue weighted by Crippen LogP contribution is -2.15. The monoisotopic (exact) mass is 194 g/mol. The van der Waals surface area contributed by atoms with E-state index in [0.29, 0.717) is 5.41 Å². The normalized spacial score (nSPS) is 15.0. The highest BCUT2D eigenvalue weighted by atomic mass is 14.2. The molecule has 0 amide bonds. The molecule has 0 nitrogen and oxygen atoms in total. The van der Waals surface area contributed by atoms with Crippen LogP contribution in [0.4, 0.5) is 0 Å². The van der Waals surface area contributed by atoms with Crippen LogP contribution in [0.5, 0.6) is 0 Å². The summed E-state index contributed by atoms with van der Waals surface area (Å²) in [7, 11) is 0. The predicted molar refractivity (Wildman–Crippen MR) is 66.4 cm³/mol. The molecule has 14 heavy (non-hydrogen) atoms. The lowest BCUT2D eigenvalue weighted by atomic mass is 9.78. The van der Waals surface area contributed by atoms with E-state index in [1.807, 2.05) is 0 Å². The molecule has 0 N–H and O–H groups in total. The molecule has 0 aliphatic rings. The molecule has 0 bridgehead atoms. The Kier molecular flexibility index (Phi) is 5.83. The van der Waals surface area contributed by atoms with Crippen molar-refractivity contribution in [2.75, 3.05) is 0 Å². The Morgan fingerprint density at radius 1 is 1.36 bits per heavy atom. The predicted octanol–water partition coefficient (Wildman–Crippen LogP) is 4.97. The topological polar surface area (TPSA) is 0 Å². The maximum Gasteiger partial charge on any atom is -0.0144 e. The van der Waals surface area contributed by atoms with Gasteiger partial charge in [0.2, 0.25) is 0 Å². The molecular weight excluding hydrogens is 168 g/mol. The van der Waals surface area contributed by atoms with Crippen molar-refractivity contribution >= 4 is 0 Å². The second-order valence-corrected chi connectivity index (χ2v) is 5.28. The molecule has 1 atom stereocenters. The second kappa shape index (κ2) is 6.06. The molecule has 0 heteroatoms. The fourth-order valence-electron chi connectivity index (χ4n) is 1.91. The van der Waals surface area contributed by atoms with Gasteiger partial charge in [0.15, 0.2) is 0 Å². The summed E-state index contributed by atoms with van der Waals surface area (Å²) in [5.41, 5.74) is 1.74. The van der Waals surface area contributed by atoms with Crippen LogP contribution >= 0.6 is 0 Å². The SMILES string of the molecule is C=C[C@](C)(CCC=C(C)C)CC(C)C. The molecule has 82 valence electrons. The van der Waals surface area contributed by atoms with Gasteiger partial charge in [0.25, 0.3) is 0 Å². The molecule has 0 fully saturated rings. The van der Waals surface area contributed by atoms with Crippen LogP contribution in [0.3, 0.4) is 0 Å². The maximum absolute atomic E-state index is 3.96. The number of allylic oxidation sites excluding steroid dienone is 3. The second-order valence-electron chi connectivity index (χ2n) is 5.28. The largest absolute Gasteiger partial charge is 0.103 e. The van der Waals surface area contributed by atoms with Gasteiger partial charge in [0.05, 0.1) is 0 Å². The van der Waals surface area contributed by atoms with Crippen molar-refractivity contribution in [2.24, 2.45) is 11.3 Å². The Morgan fingerprint density at radius 3 is 2.29 bits per heavy atom. The Hall–Kier alpha value is -0.520.